The number of hydrogen-bond acceptors (Lipinski definition) is 3. The molecule has 7 heteroatoms. The molecule has 1 amide bonds. The Morgan fingerprint density at radius 2 is 2.04 bits per heavy atom. The normalized spacial score (nSPS) is 15.8. The molecule has 0 fully saturated rings. The molecule has 3 N–H and O–H groups in total. The molecule has 0 bridgehead atoms. The van der Waals surface area contributed by atoms with E-state index in [0.29, 0.717) is 25.5 Å². The van der Waals surface area contributed by atoms with E-state index in [2.05, 4.69) is 33.1 Å². The SMILES string of the molecule is CN=C(NCc1cc(C)cc(OC)c1)NCC1CC(=O)Nc2ccccc21.I. The first kappa shape index (κ1) is 22.0. The number of carbonyl (C=O) groups excluding carboxylic acids is 1. The van der Waals surface area contributed by atoms with Gasteiger partial charge >= 0.3 is 0 Å². The number of carbonyl (C=O) groups is 1. The Hall–Kier alpha value is -2.29. The molecule has 1 unspecified atom stereocenters. The van der Waals surface area contributed by atoms with E-state index in [4.69, 9.17) is 4.74 Å². The van der Waals surface area contributed by atoms with Gasteiger partial charge in [-0.25, -0.2) is 0 Å². The average Bonchev–Trinajstić information content (AvgIpc) is 2.67. The number of ether oxygens (including phenoxy) is 1. The van der Waals surface area contributed by atoms with E-state index in [1.807, 2.05) is 37.3 Å². The molecule has 0 radical (unpaired) electrons. The average molecular weight is 494 g/mol. The summed E-state index contributed by atoms with van der Waals surface area (Å²) in [6.07, 6.45) is 0.468. The van der Waals surface area contributed by atoms with Crippen LogP contribution >= 0.6 is 24.0 Å². The van der Waals surface area contributed by atoms with Gasteiger partial charge in [0, 0.05) is 38.2 Å². The van der Waals surface area contributed by atoms with Gasteiger partial charge in [0.1, 0.15) is 5.75 Å². The highest BCUT2D eigenvalue weighted by atomic mass is 127. The number of hydrogen-bond donors (Lipinski definition) is 3. The first-order chi connectivity index (χ1) is 13.1. The number of methoxy groups -OCH3 is 1. The van der Waals surface area contributed by atoms with Crippen molar-refractivity contribution in [2.45, 2.75) is 25.8 Å². The van der Waals surface area contributed by atoms with Crippen LogP contribution in [0.3, 0.4) is 0 Å². The zero-order valence-electron chi connectivity index (χ0n) is 16.4. The Balaban J connectivity index is 0.00000280. The summed E-state index contributed by atoms with van der Waals surface area (Å²) in [7, 11) is 3.41. The lowest BCUT2D eigenvalue weighted by molar-refractivity contribution is -0.116. The predicted octanol–water partition coefficient (Wildman–Crippen LogP) is 3.41. The quantitative estimate of drug-likeness (QED) is 0.339. The van der Waals surface area contributed by atoms with Crippen molar-refractivity contribution in [2.24, 2.45) is 4.99 Å². The fourth-order valence-corrected chi connectivity index (χ4v) is 3.35. The number of amides is 1. The second-order valence-corrected chi connectivity index (χ2v) is 6.70. The number of para-hydroxylation sites is 1. The Bertz CT molecular complexity index is 854. The van der Waals surface area contributed by atoms with Crippen LogP contribution in [0.15, 0.2) is 47.5 Å². The lowest BCUT2D eigenvalue weighted by Crippen LogP contribution is -2.40. The number of benzene rings is 2. The molecular weight excluding hydrogens is 467 g/mol. The van der Waals surface area contributed by atoms with Gasteiger partial charge < -0.3 is 20.7 Å². The molecule has 6 nitrogen and oxygen atoms in total. The molecule has 0 spiro atoms. The van der Waals surface area contributed by atoms with Crippen LogP contribution in [-0.2, 0) is 11.3 Å². The second kappa shape index (κ2) is 10.3. The molecule has 2 aromatic carbocycles. The number of aliphatic imine (C=N–C) groups is 1. The number of halogens is 1. The molecule has 0 saturated heterocycles. The van der Waals surface area contributed by atoms with Crippen molar-refractivity contribution in [1.82, 2.24) is 10.6 Å². The monoisotopic (exact) mass is 494 g/mol. The summed E-state index contributed by atoms with van der Waals surface area (Å²) in [4.78, 5) is 16.2. The number of rotatable bonds is 5. The smallest absolute Gasteiger partial charge is 0.225 e. The van der Waals surface area contributed by atoms with Crippen LogP contribution in [0.5, 0.6) is 5.75 Å². The molecule has 1 aliphatic heterocycles. The molecular formula is C21H27IN4O2. The predicted molar refractivity (Wildman–Crippen MR) is 124 cm³/mol. The van der Waals surface area contributed by atoms with Gasteiger partial charge in [0.05, 0.1) is 7.11 Å². The molecule has 150 valence electrons. The molecule has 1 atom stereocenters. The summed E-state index contributed by atoms with van der Waals surface area (Å²) < 4.78 is 5.33. The van der Waals surface area contributed by atoms with Crippen LogP contribution in [-0.4, -0.2) is 32.6 Å². The number of guanidine groups is 1. The second-order valence-electron chi connectivity index (χ2n) is 6.70. The minimum absolute atomic E-state index is 0. The maximum Gasteiger partial charge on any atom is 0.225 e. The Morgan fingerprint density at radius 3 is 2.79 bits per heavy atom. The van der Waals surface area contributed by atoms with Gasteiger partial charge in [-0.2, -0.15) is 0 Å². The van der Waals surface area contributed by atoms with Gasteiger partial charge in [0.2, 0.25) is 5.91 Å². The molecule has 0 aromatic heterocycles. The minimum Gasteiger partial charge on any atom is -0.497 e. The largest absolute Gasteiger partial charge is 0.497 e. The van der Waals surface area contributed by atoms with Gasteiger partial charge in [0.25, 0.3) is 0 Å². The Kier molecular flexibility index (Phi) is 8.10. The highest BCUT2D eigenvalue weighted by Gasteiger charge is 2.24. The molecule has 0 aliphatic carbocycles. The fourth-order valence-electron chi connectivity index (χ4n) is 3.35. The minimum atomic E-state index is 0. The van der Waals surface area contributed by atoms with Gasteiger partial charge in [-0.05, 0) is 41.8 Å². The van der Waals surface area contributed by atoms with Crippen LogP contribution in [0.4, 0.5) is 5.69 Å². The highest BCUT2D eigenvalue weighted by molar-refractivity contribution is 14.0. The van der Waals surface area contributed by atoms with Gasteiger partial charge in [-0.15, -0.1) is 24.0 Å². The Morgan fingerprint density at radius 1 is 1.25 bits per heavy atom. The van der Waals surface area contributed by atoms with Crippen LogP contribution in [0.2, 0.25) is 0 Å². The van der Waals surface area contributed by atoms with E-state index in [0.717, 1.165) is 28.1 Å². The van der Waals surface area contributed by atoms with Gasteiger partial charge in [0.15, 0.2) is 5.96 Å². The van der Waals surface area contributed by atoms with Gasteiger partial charge in [-0.1, -0.05) is 24.3 Å². The Labute approximate surface area is 183 Å². The zero-order chi connectivity index (χ0) is 19.2. The first-order valence-corrected chi connectivity index (χ1v) is 9.07. The number of anilines is 1. The molecule has 28 heavy (non-hydrogen) atoms. The van der Waals surface area contributed by atoms with Crippen LogP contribution in [0, 0.1) is 6.92 Å². The van der Waals surface area contributed by atoms with Crippen LogP contribution in [0.25, 0.3) is 0 Å². The van der Waals surface area contributed by atoms with E-state index in [1.54, 1.807) is 14.2 Å². The van der Waals surface area contributed by atoms with Crippen molar-refractivity contribution >= 4 is 41.5 Å². The fraction of sp³-hybridized carbons (Fsp3) is 0.333. The van der Waals surface area contributed by atoms with Crippen molar-refractivity contribution < 1.29 is 9.53 Å². The number of nitrogens with zero attached hydrogens (tertiary/aromatic N) is 1. The summed E-state index contributed by atoms with van der Waals surface area (Å²) in [6, 6.07) is 14.1. The summed E-state index contributed by atoms with van der Waals surface area (Å²) >= 11 is 0. The van der Waals surface area contributed by atoms with E-state index >= 15 is 0 Å². The lowest BCUT2D eigenvalue weighted by Gasteiger charge is -2.26. The lowest BCUT2D eigenvalue weighted by atomic mass is 9.90. The summed E-state index contributed by atoms with van der Waals surface area (Å²) in [6.45, 7) is 3.32. The van der Waals surface area contributed by atoms with Crippen molar-refractivity contribution in [3.63, 3.8) is 0 Å². The maximum absolute atomic E-state index is 12.0. The topological polar surface area (TPSA) is 74.8 Å². The van der Waals surface area contributed by atoms with Crippen molar-refractivity contribution in [3.05, 3.63) is 59.2 Å². The molecule has 1 aliphatic rings. The third-order valence-electron chi connectivity index (χ3n) is 4.65. The van der Waals surface area contributed by atoms with E-state index in [9.17, 15) is 4.79 Å². The maximum atomic E-state index is 12.0. The van der Waals surface area contributed by atoms with E-state index < -0.39 is 0 Å². The number of aryl methyl sites for hydroxylation is 1. The highest BCUT2D eigenvalue weighted by Crippen LogP contribution is 2.31. The summed E-state index contributed by atoms with van der Waals surface area (Å²) in [5, 5.41) is 9.59. The number of nitrogens with one attached hydrogen (secondary N) is 3. The van der Waals surface area contributed by atoms with Crippen LogP contribution < -0.4 is 20.7 Å². The molecule has 3 rings (SSSR count). The third-order valence-corrected chi connectivity index (χ3v) is 4.65. The molecule has 1 heterocycles. The number of fused-ring (bicyclic) bond motifs is 1. The third kappa shape index (κ3) is 5.60. The van der Waals surface area contributed by atoms with Crippen LogP contribution in [0.1, 0.15) is 29.0 Å². The summed E-state index contributed by atoms with van der Waals surface area (Å²) in [5.41, 5.74) is 4.33. The van der Waals surface area contributed by atoms with Gasteiger partial charge in [-0.3, -0.25) is 9.79 Å². The van der Waals surface area contributed by atoms with E-state index in [-0.39, 0.29) is 35.8 Å². The van der Waals surface area contributed by atoms with E-state index in [1.165, 1.54) is 0 Å². The first-order valence-electron chi connectivity index (χ1n) is 9.07. The summed E-state index contributed by atoms with van der Waals surface area (Å²) in [5.74, 6) is 1.72. The van der Waals surface area contributed by atoms with Crippen molar-refractivity contribution in [2.75, 3.05) is 26.0 Å². The standard InChI is InChI=1S/C21H26N4O2.HI/c1-14-8-15(10-17(9-14)27-3)12-23-21(22-2)24-13-16-11-20(26)25-19-7-5-4-6-18(16)19;/h4-10,16H,11-13H2,1-3H3,(H,25,26)(H2,22,23,24);1H. The van der Waals surface area contributed by atoms with Crippen molar-refractivity contribution in [3.8, 4) is 5.75 Å². The molecule has 0 saturated carbocycles. The zero-order valence-corrected chi connectivity index (χ0v) is 18.7. The molecule has 2 aromatic rings. The van der Waals surface area contributed by atoms with Crippen molar-refractivity contribution in [1.29, 1.82) is 0 Å².